The molecule has 0 saturated carbocycles. The Morgan fingerprint density at radius 3 is 2.66 bits per heavy atom. The highest BCUT2D eigenvalue weighted by atomic mass is 32.1. The van der Waals surface area contributed by atoms with Crippen LogP contribution in [0.15, 0.2) is 72.5 Å². The van der Waals surface area contributed by atoms with Gasteiger partial charge in [0.2, 0.25) is 0 Å². The van der Waals surface area contributed by atoms with Gasteiger partial charge in [-0.1, -0.05) is 18.2 Å². The Labute approximate surface area is 191 Å². The van der Waals surface area contributed by atoms with Crippen molar-refractivity contribution >= 4 is 34.5 Å². The first-order chi connectivity index (χ1) is 15.6. The molecular formula is C25H24N4O2S. The first-order valence-corrected chi connectivity index (χ1v) is 11.2. The number of ether oxygens (including phenoxy) is 1. The standard InChI is InChI=1S/C25H24N4O2S/c1-18(2)31-22-9-6-19(7-10-22)5-8-21-17-32-25(27-21)28-24(30)23-4-3-15-29(23)16-20-11-13-26-14-12-20/h3-15,17-18H,16H2,1-2H3,(H,27,28,30). The van der Waals surface area contributed by atoms with E-state index in [1.54, 1.807) is 18.5 Å². The SMILES string of the molecule is CC(C)Oc1ccc(C=Cc2csc(NC(=O)c3cccn3Cc3ccncc3)n2)cc1. The number of nitrogens with one attached hydrogen (secondary N) is 1. The Morgan fingerprint density at radius 1 is 1.12 bits per heavy atom. The van der Waals surface area contributed by atoms with Crippen LogP contribution in [0.4, 0.5) is 5.13 Å². The second kappa shape index (κ2) is 10.1. The lowest BCUT2D eigenvalue weighted by Gasteiger charge is -2.09. The van der Waals surface area contributed by atoms with E-state index < -0.39 is 0 Å². The number of hydrogen-bond donors (Lipinski definition) is 1. The molecule has 0 aliphatic rings. The molecule has 0 saturated heterocycles. The lowest BCUT2D eigenvalue weighted by Crippen LogP contribution is -2.17. The van der Waals surface area contributed by atoms with Crippen molar-refractivity contribution < 1.29 is 9.53 Å². The molecule has 0 aliphatic carbocycles. The van der Waals surface area contributed by atoms with Gasteiger partial charge < -0.3 is 9.30 Å². The second-order valence-electron chi connectivity index (χ2n) is 7.48. The molecule has 0 fully saturated rings. The number of rotatable bonds is 8. The normalized spacial score (nSPS) is 11.2. The van der Waals surface area contributed by atoms with Crippen LogP contribution in [0.5, 0.6) is 5.75 Å². The van der Waals surface area contributed by atoms with E-state index in [2.05, 4.69) is 15.3 Å². The molecular weight excluding hydrogens is 420 g/mol. The second-order valence-corrected chi connectivity index (χ2v) is 8.34. The third-order valence-electron chi connectivity index (χ3n) is 4.61. The fourth-order valence-corrected chi connectivity index (χ4v) is 3.81. The molecule has 4 rings (SSSR count). The molecule has 32 heavy (non-hydrogen) atoms. The summed E-state index contributed by atoms with van der Waals surface area (Å²) in [5.74, 6) is 0.666. The summed E-state index contributed by atoms with van der Waals surface area (Å²) in [4.78, 5) is 21.3. The van der Waals surface area contributed by atoms with Crippen LogP contribution < -0.4 is 10.1 Å². The predicted molar refractivity (Wildman–Crippen MR) is 129 cm³/mol. The van der Waals surface area contributed by atoms with E-state index >= 15 is 0 Å². The van der Waals surface area contributed by atoms with Gasteiger partial charge >= 0.3 is 0 Å². The van der Waals surface area contributed by atoms with E-state index in [-0.39, 0.29) is 12.0 Å². The van der Waals surface area contributed by atoms with Crippen LogP contribution in [0.25, 0.3) is 12.2 Å². The molecule has 7 heteroatoms. The summed E-state index contributed by atoms with van der Waals surface area (Å²) < 4.78 is 7.57. The number of anilines is 1. The first-order valence-electron chi connectivity index (χ1n) is 10.3. The largest absolute Gasteiger partial charge is 0.491 e. The average molecular weight is 445 g/mol. The van der Waals surface area contributed by atoms with Gasteiger partial charge in [0.1, 0.15) is 11.4 Å². The molecule has 3 heterocycles. The van der Waals surface area contributed by atoms with E-state index in [9.17, 15) is 4.79 Å². The van der Waals surface area contributed by atoms with Gasteiger partial charge in [-0.05, 0) is 67.4 Å². The number of nitrogens with zero attached hydrogens (tertiary/aromatic N) is 3. The molecule has 0 bridgehead atoms. The highest BCUT2D eigenvalue weighted by Gasteiger charge is 2.13. The summed E-state index contributed by atoms with van der Waals surface area (Å²) in [5, 5.41) is 5.38. The summed E-state index contributed by atoms with van der Waals surface area (Å²) in [6.07, 6.45) is 9.45. The van der Waals surface area contributed by atoms with Crippen LogP contribution >= 0.6 is 11.3 Å². The zero-order valence-electron chi connectivity index (χ0n) is 17.9. The monoisotopic (exact) mass is 444 g/mol. The highest BCUT2D eigenvalue weighted by molar-refractivity contribution is 7.14. The minimum Gasteiger partial charge on any atom is -0.491 e. The average Bonchev–Trinajstić information content (AvgIpc) is 3.43. The van der Waals surface area contributed by atoms with Crippen LogP contribution in [-0.4, -0.2) is 26.5 Å². The van der Waals surface area contributed by atoms with Crippen molar-refractivity contribution in [1.82, 2.24) is 14.5 Å². The molecule has 0 aliphatic heterocycles. The number of benzene rings is 1. The molecule has 0 atom stereocenters. The predicted octanol–water partition coefficient (Wildman–Crippen LogP) is 5.60. The molecule has 1 aromatic carbocycles. The van der Waals surface area contributed by atoms with Crippen LogP contribution in [0.2, 0.25) is 0 Å². The van der Waals surface area contributed by atoms with Gasteiger partial charge in [-0.3, -0.25) is 15.1 Å². The van der Waals surface area contributed by atoms with E-state index in [1.165, 1.54) is 11.3 Å². The maximum absolute atomic E-state index is 12.8. The number of thiazole rings is 1. The van der Waals surface area contributed by atoms with Gasteiger partial charge in [-0.2, -0.15) is 0 Å². The molecule has 3 aromatic heterocycles. The first kappa shape index (κ1) is 21.5. The fourth-order valence-electron chi connectivity index (χ4n) is 3.14. The summed E-state index contributed by atoms with van der Waals surface area (Å²) in [6.45, 7) is 4.61. The van der Waals surface area contributed by atoms with E-state index in [0.29, 0.717) is 17.4 Å². The molecule has 1 amide bonds. The van der Waals surface area contributed by atoms with Crippen molar-refractivity contribution in [1.29, 1.82) is 0 Å². The Balaban J connectivity index is 1.38. The fraction of sp³-hybridized carbons (Fsp3) is 0.160. The number of pyridine rings is 1. The quantitative estimate of drug-likeness (QED) is 0.384. The Bertz CT molecular complexity index is 1190. The smallest absolute Gasteiger partial charge is 0.274 e. The van der Waals surface area contributed by atoms with Crippen molar-refractivity contribution in [2.75, 3.05) is 5.32 Å². The number of hydrogen-bond acceptors (Lipinski definition) is 5. The molecule has 0 spiro atoms. The lowest BCUT2D eigenvalue weighted by molar-refractivity contribution is 0.101. The summed E-state index contributed by atoms with van der Waals surface area (Å²) in [6, 6.07) is 15.4. The maximum Gasteiger partial charge on any atom is 0.274 e. The van der Waals surface area contributed by atoms with Crippen LogP contribution in [0, 0.1) is 0 Å². The van der Waals surface area contributed by atoms with Crippen molar-refractivity contribution in [2.45, 2.75) is 26.5 Å². The highest BCUT2D eigenvalue weighted by Crippen LogP contribution is 2.20. The maximum atomic E-state index is 12.8. The molecule has 162 valence electrons. The Kier molecular flexibility index (Phi) is 6.77. The molecule has 4 aromatic rings. The van der Waals surface area contributed by atoms with Gasteiger partial charge in [0, 0.05) is 30.5 Å². The van der Waals surface area contributed by atoms with Crippen molar-refractivity contribution in [3.05, 3.63) is 95.0 Å². The third kappa shape index (κ3) is 5.70. The molecule has 1 N–H and O–H groups in total. The van der Waals surface area contributed by atoms with Crippen LogP contribution in [-0.2, 0) is 6.54 Å². The zero-order chi connectivity index (χ0) is 22.3. The number of amides is 1. The van der Waals surface area contributed by atoms with E-state index in [4.69, 9.17) is 4.74 Å². The van der Waals surface area contributed by atoms with Gasteiger partial charge in [0.25, 0.3) is 5.91 Å². The van der Waals surface area contributed by atoms with E-state index in [0.717, 1.165) is 22.6 Å². The van der Waals surface area contributed by atoms with Gasteiger partial charge in [0.05, 0.1) is 11.8 Å². The molecule has 0 unspecified atom stereocenters. The number of carbonyl (C=O) groups excluding carboxylic acids is 1. The number of carbonyl (C=O) groups is 1. The topological polar surface area (TPSA) is 69.0 Å². The summed E-state index contributed by atoms with van der Waals surface area (Å²) in [5.41, 5.74) is 3.50. The molecule has 0 radical (unpaired) electrons. The minimum atomic E-state index is -0.185. The molecule has 6 nitrogen and oxygen atoms in total. The van der Waals surface area contributed by atoms with Gasteiger partial charge in [-0.25, -0.2) is 4.98 Å². The van der Waals surface area contributed by atoms with Gasteiger partial charge in [0.15, 0.2) is 5.13 Å². The summed E-state index contributed by atoms with van der Waals surface area (Å²) in [7, 11) is 0. The van der Waals surface area contributed by atoms with Crippen molar-refractivity contribution in [2.24, 2.45) is 0 Å². The van der Waals surface area contributed by atoms with Gasteiger partial charge in [-0.15, -0.1) is 11.3 Å². The lowest BCUT2D eigenvalue weighted by atomic mass is 10.2. The Hall–Kier alpha value is -3.71. The zero-order valence-corrected chi connectivity index (χ0v) is 18.8. The van der Waals surface area contributed by atoms with Crippen LogP contribution in [0.3, 0.4) is 0 Å². The summed E-state index contributed by atoms with van der Waals surface area (Å²) >= 11 is 1.40. The number of aromatic nitrogens is 3. The van der Waals surface area contributed by atoms with Crippen LogP contribution in [0.1, 0.15) is 41.2 Å². The van der Waals surface area contributed by atoms with Crippen molar-refractivity contribution in [3.8, 4) is 5.75 Å². The Morgan fingerprint density at radius 2 is 1.91 bits per heavy atom. The van der Waals surface area contributed by atoms with Crippen molar-refractivity contribution in [3.63, 3.8) is 0 Å². The third-order valence-corrected chi connectivity index (χ3v) is 5.38. The minimum absolute atomic E-state index is 0.151. The van der Waals surface area contributed by atoms with E-state index in [1.807, 2.05) is 84.6 Å².